The Kier molecular flexibility index (Phi) is 2.42. The Balaban J connectivity index is 2.41. The van der Waals surface area contributed by atoms with E-state index in [-0.39, 0.29) is 0 Å². The van der Waals surface area contributed by atoms with Crippen LogP contribution in [0.1, 0.15) is 23.6 Å². The summed E-state index contributed by atoms with van der Waals surface area (Å²) in [5.41, 5.74) is 7.82. The molecule has 0 bridgehead atoms. The van der Waals surface area contributed by atoms with Crippen molar-refractivity contribution in [3.05, 3.63) is 29.3 Å². The molecule has 2 nitrogen and oxygen atoms in total. The van der Waals surface area contributed by atoms with Crippen LogP contribution in [-0.2, 0) is 6.42 Å². The molecule has 0 fully saturated rings. The number of alkyl halides is 1. The average molecular weight is 195 g/mol. The maximum absolute atomic E-state index is 13.3. The van der Waals surface area contributed by atoms with Gasteiger partial charge in [0.2, 0.25) is 0 Å². The maximum atomic E-state index is 13.3. The molecule has 0 unspecified atom stereocenters. The monoisotopic (exact) mass is 195 g/mol. The molecule has 2 N–H and O–H groups in total. The van der Waals surface area contributed by atoms with Crippen LogP contribution in [0.2, 0.25) is 0 Å². The third-order valence-electron chi connectivity index (χ3n) is 2.79. The van der Waals surface area contributed by atoms with Gasteiger partial charge in [0.25, 0.3) is 0 Å². The van der Waals surface area contributed by atoms with Crippen LogP contribution in [0.3, 0.4) is 0 Å². The molecule has 0 radical (unpaired) electrons. The van der Waals surface area contributed by atoms with Crippen molar-refractivity contribution < 1.29 is 9.13 Å². The molecule has 1 aliphatic carbocycles. The zero-order chi connectivity index (χ0) is 10.1. The van der Waals surface area contributed by atoms with E-state index in [1.165, 1.54) is 0 Å². The smallest absolute Gasteiger partial charge is 0.120 e. The molecule has 3 heteroatoms. The lowest BCUT2D eigenvalue weighted by Gasteiger charge is -2.26. The molecule has 0 aromatic heterocycles. The minimum Gasteiger partial charge on any atom is -0.497 e. The topological polar surface area (TPSA) is 35.2 Å². The van der Waals surface area contributed by atoms with E-state index in [1.54, 1.807) is 7.11 Å². The van der Waals surface area contributed by atoms with Crippen molar-refractivity contribution in [2.45, 2.75) is 25.1 Å². The van der Waals surface area contributed by atoms with Gasteiger partial charge in [-0.15, -0.1) is 0 Å². The fraction of sp³-hybridized carbons (Fsp3) is 0.455. The van der Waals surface area contributed by atoms with E-state index < -0.39 is 12.2 Å². The number of hydrogen-bond acceptors (Lipinski definition) is 2. The molecule has 1 aliphatic rings. The summed E-state index contributed by atoms with van der Waals surface area (Å²) in [6.07, 6.45) is 0.379. The Bertz CT molecular complexity index is 340. The highest BCUT2D eigenvalue weighted by Crippen LogP contribution is 2.32. The molecule has 1 aromatic rings. The number of halogens is 1. The SMILES string of the molecule is COc1ccc2c(c1)[C@@H](N)[C@@H](F)CC2. The summed E-state index contributed by atoms with van der Waals surface area (Å²) in [5.74, 6) is 0.744. The first-order valence-corrected chi connectivity index (χ1v) is 4.79. The molecular weight excluding hydrogens is 181 g/mol. The van der Waals surface area contributed by atoms with Crippen LogP contribution in [-0.4, -0.2) is 13.3 Å². The lowest BCUT2D eigenvalue weighted by Crippen LogP contribution is -2.28. The number of aryl methyl sites for hydroxylation is 1. The van der Waals surface area contributed by atoms with Crippen molar-refractivity contribution in [1.29, 1.82) is 0 Å². The number of nitrogens with two attached hydrogens (primary N) is 1. The summed E-state index contributed by atoms with van der Waals surface area (Å²) in [4.78, 5) is 0. The molecule has 2 rings (SSSR count). The Morgan fingerprint density at radius 1 is 1.50 bits per heavy atom. The summed E-state index contributed by atoms with van der Waals surface area (Å²) in [7, 11) is 1.60. The number of fused-ring (bicyclic) bond motifs is 1. The summed E-state index contributed by atoms with van der Waals surface area (Å²) < 4.78 is 18.4. The standard InChI is InChI=1S/C11H14FNO/c1-14-8-4-2-7-3-5-10(12)11(13)9(7)6-8/h2,4,6,10-11H,3,5,13H2,1H3/t10-,11+/m0/s1. The highest BCUT2D eigenvalue weighted by Gasteiger charge is 2.26. The predicted molar refractivity (Wildman–Crippen MR) is 53.1 cm³/mol. The average Bonchev–Trinajstić information content (AvgIpc) is 2.23. The van der Waals surface area contributed by atoms with Crippen molar-refractivity contribution in [1.82, 2.24) is 0 Å². The Morgan fingerprint density at radius 2 is 2.29 bits per heavy atom. The van der Waals surface area contributed by atoms with Gasteiger partial charge < -0.3 is 10.5 Å². The van der Waals surface area contributed by atoms with E-state index in [4.69, 9.17) is 10.5 Å². The highest BCUT2D eigenvalue weighted by molar-refractivity contribution is 5.39. The van der Waals surface area contributed by atoms with Gasteiger partial charge in [-0.3, -0.25) is 0 Å². The van der Waals surface area contributed by atoms with Crippen molar-refractivity contribution in [2.24, 2.45) is 5.73 Å². The minimum absolute atomic E-state index is 0.492. The zero-order valence-electron chi connectivity index (χ0n) is 8.16. The fourth-order valence-electron chi connectivity index (χ4n) is 1.91. The normalized spacial score (nSPS) is 25.6. The fourth-order valence-corrected chi connectivity index (χ4v) is 1.91. The summed E-state index contributed by atoms with van der Waals surface area (Å²) in [6, 6.07) is 5.21. The quantitative estimate of drug-likeness (QED) is 0.743. The van der Waals surface area contributed by atoms with Gasteiger partial charge >= 0.3 is 0 Å². The van der Waals surface area contributed by atoms with Crippen LogP contribution in [0.25, 0.3) is 0 Å². The van der Waals surface area contributed by atoms with Gasteiger partial charge in [0.05, 0.1) is 13.2 Å². The molecule has 0 spiro atoms. The minimum atomic E-state index is -0.922. The molecule has 0 saturated carbocycles. The lowest BCUT2D eigenvalue weighted by molar-refractivity contribution is 0.254. The van der Waals surface area contributed by atoms with Crippen molar-refractivity contribution >= 4 is 0 Å². The van der Waals surface area contributed by atoms with Gasteiger partial charge in [-0.1, -0.05) is 6.07 Å². The summed E-state index contributed by atoms with van der Waals surface area (Å²) >= 11 is 0. The number of methoxy groups -OCH3 is 1. The van der Waals surface area contributed by atoms with Crippen molar-refractivity contribution in [3.8, 4) is 5.75 Å². The van der Waals surface area contributed by atoms with Gasteiger partial charge in [-0.05, 0) is 36.1 Å². The first-order chi connectivity index (χ1) is 6.72. The Labute approximate surface area is 82.9 Å². The van der Waals surface area contributed by atoms with Crippen LogP contribution >= 0.6 is 0 Å². The summed E-state index contributed by atoms with van der Waals surface area (Å²) in [6.45, 7) is 0. The molecule has 2 atom stereocenters. The Hall–Kier alpha value is -1.09. The van der Waals surface area contributed by atoms with Gasteiger partial charge in [0.15, 0.2) is 0 Å². The molecule has 0 saturated heterocycles. The second-order valence-electron chi connectivity index (χ2n) is 3.65. The van der Waals surface area contributed by atoms with E-state index in [2.05, 4.69) is 0 Å². The molecule has 14 heavy (non-hydrogen) atoms. The van der Waals surface area contributed by atoms with E-state index in [0.717, 1.165) is 23.3 Å². The summed E-state index contributed by atoms with van der Waals surface area (Å²) in [5, 5.41) is 0. The van der Waals surface area contributed by atoms with Gasteiger partial charge in [-0.2, -0.15) is 0 Å². The number of benzene rings is 1. The molecule has 76 valence electrons. The van der Waals surface area contributed by atoms with E-state index in [9.17, 15) is 4.39 Å². The van der Waals surface area contributed by atoms with Crippen LogP contribution in [0.5, 0.6) is 5.75 Å². The van der Waals surface area contributed by atoms with Crippen molar-refractivity contribution in [2.75, 3.05) is 7.11 Å². The van der Waals surface area contributed by atoms with Crippen LogP contribution < -0.4 is 10.5 Å². The first-order valence-electron chi connectivity index (χ1n) is 4.79. The first kappa shape index (κ1) is 9.46. The molecular formula is C11H14FNO. The van der Waals surface area contributed by atoms with E-state index in [1.807, 2.05) is 18.2 Å². The van der Waals surface area contributed by atoms with Gasteiger partial charge in [-0.25, -0.2) is 4.39 Å². The van der Waals surface area contributed by atoms with Gasteiger partial charge in [0, 0.05) is 0 Å². The third-order valence-corrected chi connectivity index (χ3v) is 2.79. The van der Waals surface area contributed by atoms with Crippen LogP contribution in [0, 0.1) is 0 Å². The van der Waals surface area contributed by atoms with E-state index >= 15 is 0 Å². The molecule has 1 aromatic carbocycles. The zero-order valence-corrected chi connectivity index (χ0v) is 8.16. The number of rotatable bonds is 1. The van der Waals surface area contributed by atoms with Gasteiger partial charge in [0.1, 0.15) is 11.9 Å². The molecule has 0 heterocycles. The number of ether oxygens (including phenoxy) is 1. The maximum Gasteiger partial charge on any atom is 0.120 e. The second-order valence-corrected chi connectivity index (χ2v) is 3.65. The van der Waals surface area contributed by atoms with Crippen LogP contribution in [0.15, 0.2) is 18.2 Å². The second kappa shape index (κ2) is 3.58. The number of hydrogen-bond donors (Lipinski definition) is 1. The molecule has 0 aliphatic heterocycles. The van der Waals surface area contributed by atoms with E-state index in [0.29, 0.717) is 6.42 Å². The third kappa shape index (κ3) is 1.48. The van der Waals surface area contributed by atoms with Crippen LogP contribution in [0.4, 0.5) is 4.39 Å². The highest BCUT2D eigenvalue weighted by atomic mass is 19.1. The lowest BCUT2D eigenvalue weighted by atomic mass is 9.87. The predicted octanol–water partition coefficient (Wildman–Crippen LogP) is 1.98. The largest absolute Gasteiger partial charge is 0.497 e. The molecule has 0 amide bonds. The van der Waals surface area contributed by atoms with Crippen molar-refractivity contribution in [3.63, 3.8) is 0 Å². The Morgan fingerprint density at radius 3 is 3.00 bits per heavy atom.